The zero-order valence-electron chi connectivity index (χ0n) is 9.45. The van der Waals surface area contributed by atoms with Crippen molar-refractivity contribution in [1.29, 1.82) is 0 Å². The second kappa shape index (κ2) is 6.10. The highest BCUT2D eigenvalue weighted by atomic mass is 14.9. The van der Waals surface area contributed by atoms with Crippen LogP contribution in [0.4, 0.5) is 0 Å². The minimum absolute atomic E-state index is 1.06. The van der Waals surface area contributed by atoms with E-state index in [2.05, 4.69) is 19.9 Å². The summed E-state index contributed by atoms with van der Waals surface area (Å²) in [7, 11) is 0. The molecule has 4 nitrogen and oxygen atoms in total. The molecular formula is C12H18N4. The topological polar surface area (TPSA) is 57.4 Å². The molecule has 86 valence electrons. The van der Waals surface area contributed by atoms with Crippen LogP contribution < -0.4 is 0 Å². The maximum atomic E-state index is 4.20. The molecule has 16 heavy (non-hydrogen) atoms. The SMILES string of the molecule is c1c[nH]c(CCCCCCc2ncc[nH]2)n1. The quantitative estimate of drug-likeness (QED) is 0.701. The van der Waals surface area contributed by atoms with Crippen molar-refractivity contribution in [3.05, 3.63) is 36.4 Å². The summed E-state index contributed by atoms with van der Waals surface area (Å²) in [6.45, 7) is 0. The fourth-order valence-corrected chi connectivity index (χ4v) is 1.81. The summed E-state index contributed by atoms with van der Waals surface area (Å²) in [5, 5.41) is 0. The number of H-pyrrole nitrogens is 2. The van der Waals surface area contributed by atoms with Crippen LogP contribution >= 0.6 is 0 Å². The van der Waals surface area contributed by atoms with E-state index in [4.69, 9.17) is 0 Å². The minimum atomic E-state index is 1.06. The molecule has 0 unspecified atom stereocenters. The molecule has 4 heteroatoms. The van der Waals surface area contributed by atoms with Crippen LogP contribution in [0.25, 0.3) is 0 Å². The number of hydrogen-bond donors (Lipinski definition) is 2. The Balaban J connectivity index is 1.49. The van der Waals surface area contributed by atoms with Crippen molar-refractivity contribution in [3.8, 4) is 0 Å². The fraction of sp³-hybridized carbons (Fsp3) is 0.500. The van der Waals surface area contributed by atoms with Gasteiger partial charge in [-0.3, -0.25) is 0 Å². The molecule has 2 aromatic rings. The minimum Gasteiger partial charge on any atom is -0.349 e. The monoisotopic (exact) mass is 218 g/mol. The Morgan fingerprint density at radius 1 is 0.750 bits per heavy atom. The van der Waals surface area contributed by atoms with Gasteiger partial charge < -0.3 is 9.97 Å². The Hall–Kier alpha value is -1.58. The molecule has 0 aliphatic carbocycles. The van der Waals surface area contributed by atoms with Crippen LogP contribution in [0.1, 0.15) is 37.3 Å². The van der Waals surface area contributed by atoms with Crippen LogP contribution in [0.2, 0.25) is 0 Å². The van der Waals surface area contributed by atoms with Gasteiger partial charge in [0.05, 0.1) is 0 Å². The number of imidazole rings is 2. The van der Waals surface area contributed by atoms with E-state index in [9.17, 15) is 0 Å². The lowest BCUT2D eigenvalue weighted by Crippen LogP contribution is -1.91. The van der Waals surface area contributed by atoms with Gasteiger partial charge in [0.15, 0.2) is 0 Å². The molecule has 0 saturated heterocycles. The average molecular weight is 218 g/mol. The summed E-state index contributed by atoms with van der Waals surface area (Å²) in [6, 6.07) is 0. The van der Waals surface area contributed by atoms with Gasteiger partial charge in [-0.1, -0.05) is 12.8 Å². The van der Waals surface area contributed by atoms with E-state index in [0.717, 1.165) is 24.5 Å². The molecule has 2 heterocycles. The first-order valence-electron chi connectivity index (χ1n) is 5.91. The van der Waals surface area contributed by atoms with Crippen LogP contribution in [0, 0.1) is 0 Å². The van der Waals surface area contributed by atoms with Crippen molar-refractivity contribution in [2.45, 2.75) is 38.5 Å². The van der Waals surface area contributed by atoms with Crippen molar-refractivity contribution >= 4 is 0 Å². The molecule has 0 fully saturated rings. The van der Waals surface area contributed by atoms with E-state index in [1.165, 1.54) is 25.7 Å². The molecular weight excluding hydrogens is 200 g/mol. The maximum absolute atomic E-state index is 4.20. The van der Waals surface area contributed by atoms with Crippen molar-refractivity contribution in [1.82, 2.24) is 19.9 Å². The molecule has 0 atom stereocenters. The van der Waals surface area contributed by atoms with Crippen LogP contribution in [-0.2, 0) is 12.8 Å². The third kappa shape index (κ3) is 3.53. The molecule has 0 amide bonds. The number of aryl methyl sites for hydroxylation is 2. The first-order chi connectivity index (χ1) is 7.95. The van der Waals surface area contributed by atoms with Crippen LogP contribution in [0.15, 0.2) is 24.8 Å². The lowest BCUT2D eigenvalue weighted by Gasteiger charge is -1.99. The fourth-order valence-electron chi connectivity index (χ4n) is 1.81. The summed E-state index contributed by atoms with van der Waals surface area (Å²) >= 11 is 0. The predicted molar refractivity (Wildman–Crippen MR) is 63.1 cm³/mol. The third-order valence-electron chi connectivity index (χ3n) is 2.69. The van der Waals surface area contributed by atoms with Gasteiger partial charge in [0.1, 0.15) is 11.6 Å². The molecule has 0 spiro atoms. The van der Waals surface area contributed by atoms with E-state index in [1.807, 2.05) is 24.8 Å². The van der Waals surface area contributed by atoms with Crippen molar-refractivity contribution in [3.63, 3.8) is 0 Å². The third-order valence-corrected chi connectivity index (χ3v) is 2.69. The van der Waals surface area contributed by atoms with Crippen LogP contribution in [0.3, 0.4) is 0 Å². The van der Waals surface area contributed by atoms with Gasteiger partial charge in [0.25, 0.3) is 0 Å². The van der Waals surface area contributed by atoms with Crippen LogP contribution in [0.5, 0.6) is 0 Å². The first-order valence-corrected chi connectivity index (χ1v) is 5.91. The van der Waals surface area contributed by atoms with Gasteiger partial charge in [-0.25, -0.2) is 9.97 Å². The summed E-state index contributed by atoms with van der Waals surface area (Å²) in [5.74, 6) is 2.21. The Morgan fingerprint density at radius 3 is 1.62 bits per heavy atom. The lowest BCUT2D eigenvalue weighted by molar-refractivity contribution is 0.624. The van der Waals surface area contributed by atoms with Gasteiger partial charge in [0, 0.05) is 37.6 Å². The number of rotatable bonds is 7. The molecule has 0 bridgehead atoms. The maximum Gasteiger partial charge on any atom is 0.105 e. The Morgan fingerprint density at radius 2 is 1.25 bits per heavy atom. The Bertz CT molecular complexity index is 325. The zero-order valence-corrected chi connectivity index (χ0v) is 9.45. The van der Waals surface area contributed by atoms with E-state index < -0.39 is 0 Å². The van der Waals surface area contributed by atoms with Gasteiger partial charge in [0.2, 0.25) is 0 Å². The summed E-state index contributed by atoms with van der Waals surface area (Å²) in [5.41, 5.74) is 0. The number of hydrogen-bond acceptors (Lipinski definition) is 2. The summed E-state index contributed by atoms with van der Waals surface area (Å²) < 4.78 is 0. The lowest BCUT2D eigenvalue weighted by atomic mass is 10.1. The van der Waals surface area contributed by atoms with Crippen molar-refractivity contribution in [2.24, 2.45) is 0 Å². The highest BCUT2D eigenvalue weighted by molar-refractivity contribution is 4.87. The molecule has 0 radical (unpaired) electrons. The molecule has 2 rings (SSSR count). The van der Waals surface area contributed by atoms with E-state index in [-0.39, 0.29) is 0 Å². The molecule has 0 saturated carbocycles. The molecule has 2 aromatic heterocycles. The zero-order chi connectivity index (χ0) is 11.1. The van der Waals surface area contributed by atoms with E-state index in [1.54, 1.807) is 0 Å². The van der Waals surface area contributed by atoms with E-state index >= 15 is 0 Å². The normalized spacial score (nSPS) is 10.8. The van der Waals surface area contributed by atoms with Crippen molar-refractivity contribution < 1.29 is 0 Å². The smallest absolute Gasteiger partial charge is 0.105 e. The van der Waals surface area contributed by atoms with Gasteiger partial charge in [-0.2, -0.15) is 0 Å². The number of nitrogens with one attached hydrogen (secondary N) is 2. The Kier molecular flexibility index (Phi) is 4.16. The summed E-state index contributed by atoms with van der Waals surface area (Å²) in [4.78, 5) is 14.7. The van der Waals surface area contributed by atoms with Gasteiger partial charge in [-0.15, -0.1) is 0 Å². The highest BCUT2D eigenvalue weighted by Gasteiger charge is 1.97. The second-order valence-corrected chi connectivity index (χ2v) is 3.99. The average Bonchev–Trinajstić information content (AvgIpc) is 2.96. The number of aromatic nitrogens is 4. The standard InChI is InChI=1S/C12H18N4/c1(3-5-11-13-7-8-14-11)2-4-6-12-15-9-10-16-12/h7-10H,1-6H2,(H,13,14)(H,15,16). The van der Waals surface area contributed by atoms with Gasteiger partial charge in [-0.05, 0) is 12.8 Å². The van der Waals surface area contributed by atoms with E-state index in [0.29, 0.717) is 0 Å². The molecule has 0 aliphatic rings. The predicted octanol–water partition coefficient (Wildman–Crippen LogP) is 2.48. The highest BCUT2D eigenvalue weighted by Crippen LogP contribution is 2.06. The summed E-state index contributed by atoms with van der Waals surface area (Å²) in [6.07, 6.45) is 14.5. The molecule has 0 aliphatic heterocycles. The molecule has 2 N–H and O–H groups in total. The largest absolute Gasteiger partial charge is 0.349 e. The number of unbranched alkanes of at least 4 members (excludes halogenated alkanes) is 3. The first kappa shape index (κ1) is 10.9. The second-order valence-electron chi connectivity index (χ2n) is 3.99. The van der Waals surface area contributed by atoms with Crippen molar-refractivity contribution in [2.75, 3.05) is 0 Å². The van der Waals surface area contributed by atoms with Crippen LogP contribution in [-0.4, -0.2) is 19.9 Å². The van der Waals surface area contributed by atoms with Gasteiger partial charge >= 0.3 is 0 Å². The number of nitrogens with zero attached hydrogens (tertiary/aromatic N) is 2. The molecule has 0 aromatic carbocycles. The Labute approximate surface area is 95.5 Å². The number of aromatic amines is 2.